The van der Waals surface area contributed by atoms with Gasteiger partial charge >= 0.3 is 0 Å². The van der Waals surface area contributed by atoms with Crippen LogP contribution in [0.5, 0.6) is 0 Å². The van der Waals surface area contributed by atoms with E-state index in [0.717, 1.165) is 40.5 Å². The Kier molecular flexibility index (Phi) is 6.45. The molecule has 2 unspecified atom stereocenters. The molecule has 0 bridgehead atoms. The van der Waals surface area contributed by atoms with E-state index in [0.29, 0.717) is 0 Å². The van der Waals surface area contributed by atoms with Crippen LogP contribution in [0.2, 0.25) is 5.02 Å². The fourth-order valence-corrected chi connectivity index (χ4v) is 5.46. The maximum atomic E-state index is 13.3. The number of Topliss-reactive ketones (excluding diaryl/α,β-unsaturated/α-hetero) is 2. The van der Waals surface area contributed by atoms with Gasteiger partial charge in [-0.1, -0.05) is 29.3 Å². The van der Waals surface area contributed by atoms with Gasteiger partial charge in [-0.05, 0) is 62.1 Å². The first-order valence-corrected chi connectivity index (χ1v) is 11.5. The van der Waals surface area contributed by atoms with Gasteiger partial charge in [0.2, 0.25) is 10.0 Å². The van der Waals surface area contributed by atoms with Crippen molar-refractivity contribution in [3.05, 3.63) is 63.4 Å². The Balaban J connectivity index is 1.70. The number of aryl methyl sites for hydroxylation is 3. The highest BCUT2D eigenvalue weighted by atomic mass is 35.5. The molecule has 2 atom stereocenters. The average Bonchev–Trinajstić information content (AvgIpc) is 2.91. The molecule has 2 aromatic rings. The largest absolute Gasteiger partial charge is 0.298 e. The van der Waals surface area contributed by atoms with E-state index in [1.807, 2.05) is 32.9 Å². The summed E-state index contributed by atoms with van der Waals surface area (Å²) in [5.74, 6) is -2.34. The number of nitrogens with one attached hydrogen (secondary N) is 1. The highest BCUT2D eigenvalue weighted by Crippen LogP contribution is 2.37. The summed E-state index contributed by atoms with van der Waals surface area (Å²) in [5.41, 5.74) is 3.65. The molecule has 8 heteroatoms. The van der Waals surface area contributed by atoms with E-state index in [4.69, 9.17) is 11.6 Å². The number of carbonyl (C=O) groups is 2. The number of sulfonamides is 1. The molecule has 160 valence electrons. The molecule has 0 radical (unpaired) electrons. The summed E-state index contributed by atoms with van der Waals surface area (Å²) in [6.07, 6.45) is 0.305. The Hall–Kier alpha value is -2.09. The van der Waals surface area contributed by atoms with Gasteiger partial charge in [0.25, 0.3) is 0 Å². The second kappa shape index (κ2) is 8.57. The molecule has 2 aromatic carbocycles. The smallest absolute Gasteiger partial charge is 0.240 e. The lowest BCUT2D eigenvalue weighted by atomic mass is 9.86. The maximum absolute atomic E-state index is 13.3. The van der Waals surface area contributed by atoms with Gasteiger partial charge in [0.05, 0.1) is 9.92 Å². The van der Waals surface area contributed by atoms with Crippen molar-refractivity contribution in [1.82, 2.24) is 4.72 Å². The number of hydrogen-bond acceptors (Lipinski definition) is 4. The van der Waals surface area contributed by atoms with Crippen molar-refractivity contribution in [2.45, 2.75) is 44.4 Å². The van der Waals surface area contributed by atoms with Gasteiger partial charge in [0.15, 0.2) is 5.78 Å². The normalized spacial score (nSPS) is 19.5. The number of carbonyl (C=O) groups excluding carboxylic acids is 2. The molecule has 1 N–H and O–H groups in total. The summed E-state index contributed by atoms with van der Waals surface area (Å²) in [7, 11) is -3.90. The predicted molar refractivity (Wildman–Crippen MR) is 113 cm³/mol. The van der Waals surface area contributed by atoms with Crippen LogP contribution in [0.1, 0.15) is 41.0 Å². The minimum atomic E-state index is -3.90. The summed E-state index contributed by atoms with van der Waals surface area (Å²) < 4.78 is 40.4. The van der Waals surface area contributed by atoms with Crippen molar-refractivity contribution in [3.63, 3.8) is 0 Å². The van der Waals surface area contributed by atoms with Crippen molar-refractivity contribution in [3.8, 4) is 0 Å². The van der Waals surface area contributed by atoms with Crippen LogP contribution < -0.4 is 4.72 Å². The van der Waals surface area contributed by atoms with Crippen LogP contribution in [-0.2, 0) is 19.6 Å². The van der Waals surface area contributed by atoms with Gasteiger partial charge in [-0.3, -0.25) is 9.59 Å². The molecule has 30 heavy (non-hydrogen) atoms. The minimum Gasteiger partial charge on any atom is -0.298 e. The summed E-state index contributed by atoms with van der Waals surface area (Å²) in [6, 6.07) is 7.04. The molecular weight excluding hydrogens is 429 g/mol. The molecule has 0 aromatic heterocycles. The lowest BCUT2D eigenvalue weighted by Gasteiger charge is -2.16. The highest BCUT2D eigenvalue weighted by Gasteiger charge is 2.42. The van der Waals surface area contributed by atoms with Crippen molar-refractivity contribution in [2.75, 3.05) is 6.54 Å². The van der Waals surface area contributed by atoms with Crippen LogP contribution in [0.25, 0.3) is 0 Å². The molecule has 1 aliphatic rings. The zero-order chi connectivity index (χ0) is 22.2. The lowest BCUT2D eigenvalue weighted by Crippen LogP contribution is -2.27. The fourth-order valence-electron chi connectivity index (χ4n) is 4.14. The van der Waals surface area contributed by atoms with Gasteiger partial charge in [0.1, 0.15) is 17.5 Å². The van der Waals surface area contributed by atoms with Gasteiger partial charge in [0, 0.05) is 18.9 Å². The summed E-state index contributed by atoms with van der Waals surface area (Å²) in [6.45, 7) is 5.74. The first-order chi connectivity index (χ1) is 14.0. The van der Waals surface area contributed by atoms with Crippen LogP contribution in [0.3, 0.4) is 0 Å². The molecule has 0 amide bonds. The van der Waals surface area contributed by atoms with Crippen LogP contribution in [-0.4, -0.2) is 26.5 Å². The van der Waals surface area contributed by atoms with E-state index in [1.54, 1.807) is 0 Å². The molecule has 0 heterocycles. The minimum absolute atomic E-state index is 0.0143. The summed E-state index contributed by atoms with van der Waals surface area (Å²) >= 11 is 5.65. The zero-order valence-corrected chi connectivity index (χ0v) is 18.5. The number of benzene rings is 2. The lowest BCUT2D eigenvalue weighted by molar-refractivity contribution is -0.124. The first-order valence-electron chi connectivity index (χ1n) is 9.60. The molecule has 1 saturated carbocycles. The van der Waals surface area contributed by atoms with E-state index < -0.39 is 27.7 Å². The van der Waals surface area contributed by atoms with E-state index in [2.05, 4.69) is 4.72 Å². The number of ketones is 2. The van der Waals surface area contributed by atoms with E-state index in [-0.39, 0.29) is 40.9 Å². The standard InChI is InChI=1S/C22H23ClFNO4S/c1-12-8-13(2)20(14(3)9-12)21-19(26)10-15(22(21)27)6-7-25-30(28,29)16-4-5-18(24)17(23)11-16/h4-5,8-9,11,15,21,25H,6-7,10H2,1-3H3. The summed E-state index contributed by atoms with van der Waals surface area (Å²) in [4.78, 5) is 25.4. The van der Waals surface area contributed by atoms with E-state index >= 15 is 0 Å². The molecule has 0 aliphatic heterocycles. The Morgan fingerprint density at radius 2 is 1.73 bits per heavy atom. The van der Waals surface area contributed by atoms with Crippen LogP contribution in [0.15, 0.2) is 35.2 Å². The molecule has 3 rings (SSSR count). The molecule has 5 nitrogen and oxygen atoms in total. The van der Waals surface area contributed by atoms with Gasteiger partial charge in [-0.2, -0.15) is 0 Å². The number of halogens is 2. The average molecular weight is 452 g/mol. The molecular formula is C22H23ClFNO4S. The SMILES string of the molecule is Cc1cc(C)c(C2C(=O)CC(CCNS(=O)(=O)c3ccc(F)c(Cl)c3)C2=O)c(C)c1. The Morgan fingerprint density at radius 3 is 2.33 bits per heavy atom. The van der Waals surface area contributed by atoms with Crippen molar-refractivity contribution >= 4 is 33.2 Å². The molecule has 1 fully saturated rings. The third-order valence-electron chi connectivity index (χ3n) is 5.47. The number of hydrogen-bond donors (Lipinski definition) is 1. The summed E-state index contributed by atoms with van der Waals surface area (Å²) in [5, 5.41) is -0.291. The Morgan fingerprint density at radius 1 is 1.10 bits per heavy atom. The van der Waals surface area contributed by atoms with Crippen molar-refractivity contribution < 1.29 is 22.4 Å². The van der Waals surface area contributed by atoms with E-state index in [1.165, 1.54) is 0 Å². The fraction of sp³-hybridized carbons (Fsp3) is 0.364. The van der Waals surface area contributed by atoms with E-state index in [9.17, 15) is 22.4 Å². The highest BCUT2D eigenvalue weighted by molar-refractivity contribution is 7.89. The van der Waals surface area contributed by atoms with Crippen molar-refractivity contribution in [1.29, 1.82) is 0 Å². The topological polar surface area (TPSA) is 80.3 Å². The van der Waals surface area contributed by atoms with Gasteiger partial charge in [-0.25, -0.2) is 17.5 Å². The molecule has 0 spiro atoms. The van der Waals surface area contributed by atoms with Crippen LogP contribution in [0, 0.1) is 32.5 Å². The van der Waals surface area contributed by atoms with Crippen LogP contribution >= 0.6 is 11.6 Å². The maximum Gasteiger partial charge on any atom is 0.240 e. The zero-order valence-electron chi connectivity index (χ0n) is 17.0. The molecule has 1 aliphatic carbocycles. The number of rotatable bonds is 6. The second-order valence-corrected chi connectivity index (χ2v) is 9.95. The Bertz CT molecular complexity index is 1110. The first kappa shape index (κ1) is 22.6. The third kappa shape index (κ3) is 4.48. The van der Waals surface area contributed by atoms with Gasteiger partial charge in [-0.15, -0.1) is 0 Å². The second-order valence-electron chi connectivity index (χ2n) is 7.78. The Labute approximate surface area is 180 Å². The monoisotopic (exact) mass is 451 g/mol. The van der Waals surface area contributed by atoms with Crippen molar-refractivity contribution in [2.24, 2.45) is 5.92 Å². The predicted octanol–water partition coefficient (Wildman–Crippen LogP) is 4.01. The quantitative estimate of drug-likeness (QED) is 0.673. The molecule has 0 saturated heterocycles. The third-order valence-corrected chi connectivity index (χ3v) is 7.22. The van der Waals surface area contributed by atoms with Crippen LogP contribution in [0.4, 0.5) is 4.39 Å². The van der Waals surface area contributed by atoms with Gasteiger partial charge < -0.3 is 0 Å².